The summed E-state index contributed by atoms with van der Waals surface area (Å²) >= 11 is 1.78. The highest BCUT2D eigenvalue weighted by molar-refractivity contribution is 7.09. The van der Waals surface area contributed by atoms with E-state index in [1.807, 2.05) is 0 Å². The van der Waals surface area contributed by atoms with Gasteiger partial charge in [0.15, 0.2) is 0 Å². The van der Waals surface area contributed by atoms with E-state index in [0.717, 1.165) is 19.6 Å². The molecular weight excluding hydrogens is 268 g/mol. The molecule has 0 amide bonds. The molecule has 1 unspecified atom stereocenters. The lowest BCUT2D eigenvalue weighted by Gasteiger charge is -2.38. The topological polar surface area (TPSA) is 31.4 Å². The first-order chi connectivity index (χ1) is 9.58. The van der Waals surface area contributed by atoms with E-state index in [-0.39, 0.29) is 0 Å². The predicted octanol–water partition coefficient (Wildman–Crippen LogP) is 2.17. The molecule has 1 aliphatic heterocycles. The molecule has 2 rings (SSSR count). The number of hydrogen-bond acceptors (Lipinski definition) is 5. The fraction of sp³-hybridized carbons (Fsp3) is 0.800. The molecule has 1 aromatic heterocycles. The number of nitrogens with zero attached hydrogens (tertiary/aromatic N) is 3. The quantitative estimate of drug-likeness (QED) is 0.872. The largest absolute Gasteiger partial charge is 0.308 e. The third kappa shape index (κ3) is 4.52. The molecule has 4 nitrogen and oxygen atoms in total. The molecule has 0 spiro atoms. The van der Waals surface area contributed by atoms with E-state index in [2.05, 4.69) is 48.3 Å². The van der Waals surface area contributed by atoms with E-state index in [0.29, 0.717) is 12.1 Å². The van der Waals surface area contributed by atoms with Crippen LogP contribution in [0.2, 0.25) is 0 Å². The molecule has 0 radical (unpaired) electrons. The summed E-state index contributed by atoms with van der Waals surface area (Å²) in [5, 5.41) is 6.85. The summed E-state index contributed by atoms with van der Waals surface area (Å²) in [5.41, 5.74) is 1.23. The van der Waals surface area contributed by atoms with Crippen LogP contribution in [-0.2, 0) is 13.1 Å². The molecule has 1 aliphatic rings. The molecule has 1 saturated heterocycles. The molecule has 1 fully saturated rings. The Bertz CT molecular complexity index is 404. The lowest BCUT2D eigenvalue weighted by atomic mass is 10.1. The van der Waals surface area contributed by atoms with Crippen molar-refractivity contribution in [2.75, 3.05) is 26.7 Å². The molecule has 2 heterocycles. The Labute approximate surface area is 127 Å². The zero-order valence-electron chi connectivity index (χ0n) is 13.2. The Morgan fingerprint density at radius 1 is 1.45 bits per heavy atom. The lowest BCUT2D eigenvalue weighted by Crippen LogP contribution is -2.50. The summed E-state index contributed by atoms with van der Waals surface area (Å²) in [6, 6.07) is 1.22. The van der Waals surface area contributed by atoms with E-state index in [1.54, 1.807) is 11.3 Å². The summed E-state index contributed by atoms with van der Waals surface area (Å²) < 4.78 is 0. The van der Waals surface area contributed by atoms with Crippen molar-refractivity contribution >= 4 is 11.3 Å². The van der Waals surface area contributed by atoms with Gasteiger partial charge in [0.05, 0.1) is 5.69 Å². The maximum Gasteiger partial charge on any atom is 0.107 e. The minimum atomic E-state index is 0.519. The fourth-order valence-corrected chi connectivity index (χ4v) is 3.35. The van der Waals surface area contributed by atoms with Crippen LogP contribution in [0.3, 0.4) is 0 Å². The van der Waals surface area contributed by atoms with Gasteiger partial charge in [0.25, 0.3) is 0 Å². The smallest absolute Gasteiger partial charge is 0.107 e. The summed E-state index contributed by atoms with van der Waals surface area (Å²) in [4.78, 5) is 9.77. The summed E-state index contributed by atoms with van der Waals surface area (Å²) in [7, 11) is 2.24. The number of hydrogen-bond donors (Lipinski definition) is 1. The molecular formula is C15H28N4S. The fourth-order valence-electron chi connectivity index (χ4n) is 2.62. The van der Waals surface area contributed by atoms with Gasteiger partial charge in [-0.3, -0.25) is 4.90 Å². The molecule has 114 valence electrons. The third-order valence-corrected chi connectivity index (χ3v) is 4.88. The number of thiazole rings is 1. The second-order valence-electron chi connectivity index (χ2n) is 6.05. The summed E-state index contributed by atoms with van der Waals surface area (Å²) in [5.74, 6) is 0. The maximum absolute atomic E-state index is 4.75. The Hall–Kier alpha value is -0.490. The first-order valence-corrected chi connectivity index (χ1v) is 8.55. The number of piperazine rings is 1. The van der Waals surface area contributed by atoms with E-state index in [4.69, 9.17) is 4.98 Å². The van der Waals surface area contributed by atoms with E-state index >= 15 is 0 Å². The van der Waals surface area contributed by atoms with Crippen molar-refractivity contribution in [3.63, 3.8) is 0 Å². The number of rotatable bonds is 6. The molecule has 1 N–H and O–H groups in total. The van der Waals surface area contributed by atoms with Crippen LogP contribution in [0.25, 0.3) is 0 Å². The van der Waals surface area contributed by atoms with E-state index in [9.17, 15) is 0 Å². The van der Waals surface area contributed by atoms with Crippen molar-refractivity contribution in [1.29, 1.82) is 0 Å². The van der Waals surface area contributed by atoms with Crippen LogP contribution < -0.4 is 5.32 Å². The zero-order valence-corrected chi connectivity index (χ0v) is 14.0. The van der Waals surface area contributed by atoms with Crippen LogP contribution in [0.1, 0.15) is 37.9 Å². The van der Waals surface area contributed by atoms with Gasteiger partial charge in [-0.15, -0.1) is 11.3 Å². The van der Waals surface area contributed by atoms with Gasteiger partial charge >= 0.3 is 0 Å². The van der Waals surface area contributed by atoms with Crippen LogP contribution in [0.4, 0.5) is 0 Å². The average Bonchev–Trinajstić information content (AvgIpc) is 2.86. The highest BCUT2D eigenvalue weighted by atomic mass is 32.1. The Morgan fingerprint density at radius 3 is 2.95 bits per heavy atom. The average molecular weight is 296 g/mol. The van der Waals surface area contributed by atoms with E-state index < -0.39 is 0 Å². The van der Waals surface area contributed by atoms with Crippen LogP contribution in [0.15, 0.2) is 5.38 Å². The molecule has 0 bridgehead atoms. The minimum absolute atomic E-state index is 0.519. The first kappa shape index (κ1) is 15.9. The predicted molar refractivity (Wildman–Crippen MR) is 86.1 cm³/mol. The van der Waals surface area contributed by atoms with Crippen LogP contribution in [0, 0.1) is 0 Å². The molecule has 1 aromatic rings. The van der Waals surface area contributed by atoms with Crippen molar-refractivity contribution in [2.45, 2.75) is 52.4 Å². The standard InChI is InChI=1S/C15H28N4S/c1-5-14-10-19(7-6-18(14)4)9-13-11-20-15(17-13)8-16-12(2)3/h11-12,14,16H,5-10H2,1-4H3. The van der Waals surface area contributed by atoms with Gasteiger partial charge in [-0.1, -0.05) is 20.8 Å². The Morgan fingerprint density at radius 2 is 2.25 bits per heavy atom. The van der Waals surface area contributed by atoms with Gasteiger partial charge in [0.2, 0.25) is 0 Å². The molecule has 1 atom stereocenters. The highest BCUT2D eigenvalue weighted by Gasteiger charge is 2.23. The Balaban J connectivity index is 1.84. The van der Waals surface area contributed by atoms with Crippen LogP contribution in [-0.4, -0.2) is 53.5 Å². The number of aromatic nitrogens is 1. The zero-order chi connectivity index (χ0) is 14.5. The van der Waals surface area contributed by atoms with E-state index in [1.165, 1.54) is 30.2 Å². The van der Waals surface area contributed by atoms with Gasteiger partial charge in [0, 0.05) is 50.2 Å². The van der Waals surface area contributed by atoms with Gasteiger partial charge in [0.1, 0.15) is 5.01 Å². The number of nitrogens with one attached hydrogen (secondary N) is 1. The van der Waals surface area contributed by atoms with Crippen molar-refractivity contribution in [3.8, 4) is 0 Å². The van der Waals surface area contributed by atoms with Crippen LogP contribution in [0.5, 0.6) is 0 Å². The van der Waals surface area contributed by atoms with Gasteiger partial charge in [-0.2, -0.15) is 0 Å². The minimum Gasteiger partial charge on any atom is -0.308 e. The van der Waals surface area contributed by atoms with Crippen molar-refractivity contribution in [2.24, 2.45) is 0 Å². The molecule has 0 aromatic carbocycles. The van der Waals surface area contributed by atoms with Gasteiger partial charge in [-0.25, -0.2) is 4.98 Å². The summed E-state index contributed by atoms with van der Waals surface area (Å²) in [6.07, 6.45) is 1.23. The SMILES string of the molecule is CCC1CN(Cc2csc(CNC(C)C)n2)CCN1C. The first-order valence-electron chi connectivity index (χ1n) is 7.67. The van der Waals surface area contributed by atoms with Crippen LogP contribution >= 0.6 is 11.3 Å². The maximum atomic E-state index is 4.75. The number of likely N-dealkylation sites (N-methyl/N-ethyl adjacent to an activating group) is 1. The highest BCUT2D eigenvalue weighted by Crippen LogP contribution is 2.16. The molecule has 20 heavy (non-hydrogen) atoms. The van der Waals surface area contributed by atoms with Gasteiger partial charge in [-0.05, 0) is 13.5 Å². The second kappa shape index (κ2) is 7.50. The van der Waals surface area contributed by atoms with Crippen molar-refractivity contribution < 1.29 is 0 Å². The molecule has 0 aliphatic carbocycles. The monoisotopic (exact) mass is 296 g/mol. The lowest BCUT2D eigenvalue weighted by molar-refractivity contribution is 0.0876. The van der Waals surface area contributed by atoms with Gasteiger partial charge < -0.3 is 10.2 Å². The summed E-state index contributed by atoms with van der Waals surface area (Å²) in [6.45, 7) is 12.0. The molecule has 5 heteroatoms. The van der Waals surface area contributed by atoms with Crippen molar-refractivity contribution in [1.82, 2.24) is 20.1 Å². The Kier molecular flexibility index (Phi) is 5.96. The second-order valence-corrected chi connectivity index (χ2v) is 6.99. The third-order valence-electron chi connectivity index (χ3n) is 3.98. The normalized spacial score (nSPS) is 21.8. The van der Waals surface area contributed by atoms with Crippen molar-refractivity contribution in [3.05, 3.63) is 16.1 Å². The molecule has 0 saturated carbocycles.